The predicted molar refractivity (Wildman–Crippen MR) is 123 cm³/mol. The third kappa shape index (κ3) is 6.27. The number of nitrogens with two attached hydrogens (primary N) is 1. The van der Waals surface area contributed by atoms with Gasteiger partial charge in [-0.1, -0.05) is 38.1 Å². The van der Waals surface area contributed by atoms with Crippen molar-refractivity contribution in [3.05, 3.63) is 71.6 Å². The molecule has 0 amide bonds. The number of nitrogens with zero attached hydrogens (tertiary/aromatic N) is 5. The molecule has 1 aliphatic rings. The number of aromatic nitrogens is 4. The van der Waals surface area contributed by atoms with Crippen molar-refractivity contribution in [1.29, 1.82) is 0 Å². The summed E-state index contributed by atoms with van der Waals surface area (Å²) in [5.41, 5.74) is 6.83. The van der Waals surface area contributed by atoms with E-state index in [1.165, 1.54) is 10.7 Å². The van der Waals surface area contributed by atoms with Crippen LogP contribution in [-0.4, -0.2) is 50.8 Å². The highest BCUT2D eigenvalue weighted by molar-refractivity contribution is 6.09. The molecule has 1 aromatic carbocycles. The lowest BCUT2D eigenvalue weighted by molar-refractivity contribution is -0.144. The first-order valence-corrected chi connectivity index (χ1v) is 10.8. The summed E-state index contributed by atoms with van der Waals surface area (Å²) in [4.78, 5) is 12.2. The number of rotatable bonds is 7. The van der Waals surface area contributed by atoms with Gasteiger partial charge in [0.15, 0.2) is 17.5 Å². The summed E-state index contributed by atoms with van der Waals surface area (Å²) in [5.74, 6) is -1.82. The first-order valence-electron chi connectivity index (χ1n) is 10.8. The summed E-state index contributed by atoms with van der Waals surface area (Å²) in [6.07, 6.45) is -0.187. The Morgan fingerprint density at radius 1 is 1.14 bits per heavy atom. The smallest absolute Gasteiger partial charge is 0.366 e. The number of anilines is 1. The van der Waals surface area contributed by atoms with Crippen LogP contribution in [0.2, 0.25) is 0 Å². The molecule has 0 fully saturated rings. The van der Waals surface area contributed by atoms with Gasteiger partial charge in [-0.3, -0.25) is 9.67 Å². The van der Waals surface area contributed by atoms with E-state index in [4.69, 9.17) is 5.73 Å². The van der Waals surface area contributed by atoms with Crippen LogP contribution in [0.15, 0.2) is 53.7 Å². The lowest BCUT2D eigenvalue weighted by Gasteiger charge is -2.16. The summed E-state index contributed by atoms with van der Waals surface area (Å²) < 4.78 is 67.8. The second-order valence-corrected chi connectivity index (χ2v) is 7.21. The summed E-state index contributed by atoms with van der Waals surface area (Å²) >= 11 is 0. The molecule has 0 radical (unpaired) electrons. The van der Waals surface area contributed by atoms with E-state index in [1.807, 2.05) is 19.9 Å². The zero-order valence-electron chi connectivity index (χ0n) is 19.0. The highest BCUT2D eigenvalue weighted by atomic mass is 19.4. The third-order valence-electron chi connectivity index (χ3n) is 4.85. The molecule has 0 saturated heterocycles. The first-order chi connectivity index (χ1) is 16.7. The Morgan fingerprint density at radius 2 is 1.89 bits per heavy atom. The number of benzene rings is 1. The van der Waals surface area contributed by atoms with E-state index < -0.39 is 36.2 Å². The Morgan fingerprint density at radius 3 is 2.54 bits per heavy atom. The van der Waals surface area contributed by atoms with Gasteiger partial charge in [-0.15, -0.1) is 0 Å². The number of aliphatic imine (C=N–C) groups is 1. The quantitative estimate of drug-likeness (QED) is 0.478. The predicted octanol–water partition coefficient (Wildman–Crippen LogP) is 4.35. The summed E-state index contributed by atoms with van der Waals surface area (Å²) in [6, 6.07) is 5.63. The number of halogens is 5. The Bertz CT molecular complexity index is 1220. The van der Waals surface area contributed by atoms with Crippen molar-refractivity contribution in [2.45, 2.75) is 32.6 Å². The van der Waals surface area contributed by atoms with E-state index in [0.717, 1.165) is 6.20 Å². The molecule has 0 spiro atoms. The SMILES string of the molecule is CC.NC(CNc1nc(-c2cc(C3=NCC=C3)n(Cc3ccccc3F)n2)ncc1F)C(F)(F)F. The molecule has 3 aromatic rings. The Balaban J connectivity index is 0.00000167. The molecule has 4 rings (SSSR count). The van der Waals surface area contributed by atoms with E-state index >= 15 is 0 Å². The number of nitrogens with one attached hydrogen (secondary N) is 1. The van der Waals surface area contributed by atoms with Crippen molar-refractivity contribution < 1.29 is 22.0 Å². The number of alkyl halides is 3. The average Bonchev–Trinajstić information content (AvgIpc) is 3.51. The first kappa shape index (κ1) is 25.9. The van der Waals surface area contributed by atoms with E-state index in [9.17, 15) is 22.0 Å². The van der Waals surface area contributed by atoms with Crippen molar-refractivity contribution in [3.8, 4) is 11.5 Å². The fraction of sp³-hybridized carbons (Fsp3) is 0.304. The highest BCUT2D eigenvalue weighted by Crippen LogP contribution is 2.23. The van der Waals surface area contributed by atoms with Crippen molar-refractivity contribution in [3.63, 3.8) is 0 Å². The zero-order valence-corrected chi connectivity index (χ0v) is 19.0. The molecule has 35 heavy (non-hydrogen) atoms. The molecule has 0 aliphatic carbocycles. The fourth-order valence-electron chi connectivity index (χ4n) is 3.11. The van der Waals surface area contributed by atoms with E-state index in [0.29, 0.717) is 23.5 Å². The molecule has 186 valence electrons. The van der Waals surface area contributed by atoms with Crippen LogP contribution in [0.25, 0.3) is 11.5 Å². The number of hydrogen-bond acceptors (Lipinski definition) is 6. The van der Waals surface area contributed by atoms with Crippen LogP contribution in [0.5, 0.6) is 0 Å². The lowest BCUT2D eigenvalue weighted by atomic mass is 10.2. The Hall–Kier alpha value is -3.67. The zero-order chi connectivity index (χ0) is 25.6. The molecular weight excluding hydrogens is 469 g/mol. The largest absolute Gasteiger partial charge is 0.405 e. The van der Waals surface area contributed by atoms with Crippen molar-refractivity contribution >= 4 is 11.5 Å². The van der Waals surface area contributed by atoms with Gasteiger partial charge >= 0.3 is 6.18 Å². The second-order valence-electron chi connectivity index (χ2n) is 7.21. The van der Waals surface area contributed by atoms with Gasteiger partial charge in [0.05, 0.1) is 30.7 Å². The monoisotopic (exact) mass is 493 g/mol. The van der Waals surface area contributed by atoms with E-state index in [2.05, 4.69) is 25.4 Å². The summed E-state index contributed by atoms with van der Waals surface area (Å²) in [5, 5.41) is 6.69. The standard InChI is InChI=1S/C21H18F5N7.C2H6/c22-13-5-2-1-4-12(13)11-33-17(15-6-3-7-28-15)8-16(32-33)20-29-9-14(23)19(31-20)30-10-18(27)21(24,25)26;1-2/h1-6,8-9,18H,7,10-11,27H2,(H,29,30,31);1-2H3. The minimum absolute atomic E-state index is 0.0319. The fourth-order valence-corrected chi connectivity index (χ4v) is 3.11. The summed E-state index contributed by atoms with van der Waals surface area (Å²) in [6.45, 7) is 3.79. The lowest BCUT2D eigenvalue weighted by Crippen LogP contribution is -2.43. The Labute approximate surface area is 198 Å². The molecule has 1 unspecified atom stereocenters. The minimum Gasteiger partial charge on any atom is -0.366 e. The van der Waals surface area contributed by atoms with Gasteiger partial charge in [0, 0.05) is 12.1 Å². The maximum absolute atomic E-state index is 14.2. The maximum atomic E-state index is 14.2. The van der Waals surface area contributed by atoms with Crippen LogP contribution in [0.3, 0.4) is 0 Å². The molecule has 0 saturated carbocycles. The molecule has 1 aliphatic heterocycles. The molecule has 7 nitrogen and oxygen atoms in total. The minimum atomic E-state index is -4.64. The molecule has 3 N–H and O–H groups in total. The van der Waals surface area contributed by atoms with Crippen LogP contribution >= 0.6 is 0 Å². The molecule has 2 aromatic heterocycles. The summed E-state index contributed by atoms with van der Waals surface area (Å²) in [7, 11) is 0. The Kier molecular flexibility index (Phi) is 8.28. The second kappa shape index (κ2) is 11.2. The molecule has 1 atom stereocenters. The molecule has 3 heterocycles. The number of allylic oxidation sites excluding steroid dienone is 1. The van der Waals surface area contributed by atoms with Gasteiger partial charge in [-0.25, -0.2) is 18.7 Å². The van der Waals surface area contributed by atoms with Gasteiger partial charge < -0.3 is 11.1 Å². The van der Waals surface area contributed by atoms with Crippen molar-refractivity contribution in [2.75, 3.05) is 18.4 Å². The van der Waals surface area contributed by atoms with Crippen molar-refractivity contribution in [2.24, 2.45) is 10.7 Å². The van der Waals surface area contributed by atoms with Crippen LogP contribution in [0.4, 0.5) is 27.8 Å². The van der Waals surface area contributed by atoms with Gasteiger partial charge in [0.25, 0.3) is 0 Å². The van der Waals surface area contributed by atoms with Crippen LogP contribution in [-0.2, 0) is 6.54 Å². The normalized spacial score (nSPS) is 13.8. The van der Waals surface area contributed by atoms with E-state index in [-0.39, 0.29) is 18.1 Å². The number of hydrogen-bond donors (Lipinski definition) is 2. The van der Waals surface area contributed by atoms with Gasteiger partial charge in [-0.05, 0) is 18.2 Å². The van der Waals surface area contributed by atoms with Gasteiger partial charge in [0.2, 0.25) is 0 Å². The molecule has 0 bridgehead atoms. The van der Waals surface area contributed by atoms with E-state index in [1.54, 1.807) is 30.3 Å². The van der Waals surface area contributed by atoms with Crippen molar-refractivity contribution in [1.82, 2.24) is 19.7 Å². The topological polar surface area (TPSA) is 94.0 Å². The van der Waals surface area contributed by atoms with Crippen LogP contribution in [0, 0.1) is 11.6 Å². The van der Waals surface area contributed by atoms with Crippen LogP contribution in [0.1, 0.15) is 25.1 Å². The third-order valence-corrected chi connectivity index (χ3v) is 4.85. The average molecular weight is 493 g/mol. The van der Waals surface area contributed by atoms with Crippen LogP contribution < -0.4 is 11.1 Å². The van der Waals surface area contributed by atoms with Gasteiger partial charge in [-0.2, -0.15) is 18.3 Å². The maximum Gasteiger partial charge on any atom is 0.405 e. The van der Waals surface area contributed by atoms with Gasteiger partial charge in [0.1, 0.15) is 17.6 Å². The molecule has 12 heteroatoms. The molecular formula is C23H24F5N7. The highest BCUT2D eigenvalue weighted by Gasteiger charge is 2.36.